The van der Waals surface area contributed by atoms with Crippen molar-refractivity contribution in [3.63, 3.8) is 0 Å². The van der Waals surface area contributed by atoms with Crippen molar-refractivity contribution in [2.75, 3.05) is 33.7 Å². The Labute approximate surface area is 126 Å². The van der Waals surface area contributed by atoms with Crippen molar-refractivity contribution in [2.24, 2.45) is 4.99 Å². The van der Waals surface area contributed by atoms with Crippen molar-refractivity contribution >= 4 is 12.2 Å². The summed E-state index contributed by atoms with van der Waals surface area (Å²) in [5.74, 6) is 0. The average Bonchev–Trinajstić information content (AvgIpc) is 2.83. The van der Waals surface area contributed by atoms with Gasteiger partial charge in [-0.3, -0.25) is 4.99 Å². The molecule has 0 saturated carbocycles. The first-order valence-corrected chi connectivity index (χ1v) is 7.44. The van der Waals surface area contributed by atoms with Gasteiger partial charge < -0.3 is 15.1 Å². The Morgan fingerprint density at radius 1 is 1.33 bits per heavy atom. The highest BCUT2D eigenvalue weighted by atomic mass is 16.2. The first-order valence-electron chi connectivity index (χ1n) is 7.44. The number of rotatable bonds is 7. The van der Waals surface area contributed by atoms with Crippen LogP contribution in [-0.4, -0.2) is 61.9 Å². The van der Waals surface area contributed by atoms with Gasteiger partial charge in [0.15, 0.2) is 0 Å². The van der Waals surface area contributed by atoms with Gasteiger partial charge in [0.1, 0.15) is 6.17 Å². The van der Waals surface area contributed by atoms with E-state index >= 15 is 0 Å². The summed E-state index contributed by atoms with van der Waals surface area (Å²) in [5, 5.41) is 2.87. The zero-order chi connectivity index (χ0) is 15.1. The zero-order valence-electron chi connectivity index (χ0n) is 12.8. The molecule has 0 spiro atoms. The summed E-state index contributed by atoms with van der Waals surface area (Å²) in [6.07, 6.45) is 3.85. The summed E-state index contributed by atoms with van der Waals surface area (Å²) >= 11 is 0. The molecule has 1 aromatic rings. The normalized spacial score (nSPS) is 18.7. The Morgan fingerprint density at radius 3 is 2.81 bits per heavy atom. The number of nitrogens with zero attached hydrogens (tertiary/aromatic N) is 3. The van der Waals surface area contributed by atoms with Crippen LogP contribution in [0.3, 0.4) is 0 Å². The predicted molar refractivity (Wildman–Crippen MR) is 85.7 cm³/mol. The van der Waals surface area contributed by atoms with Crippen molar-refractivity contribution in [2.45, 2.75) is 19.0 Å². The van der Waals surface area contributed by atoms with Gasteiger partial charge in [-0.2, -0.15) is 0 Å². The molecule has 5 heteroatoms. The quantitative estimate of drug-likeness (QED) is 0.614. The van der Waals surface area contributed by atoms with E-state index in [9.17, 15) is 4.79 Å². The molecule has 1 heterocycles. The van der Waals surface area contributed by atoms with E-state index in [1.807, 2.05) is 41.4 Å². The standard InChI is InChI=1S/C16H24N4O/c1-19(2)10-6-7-11-20-15(13-18-16(20)21)17-12-14-8-4-3-5-9-14/h3-5,8-9,12,15H,6-7,10-11,13H2,1-2H3,(H,18,21). The van der Waals surface area contributed by atoms with Crippen molar-refractivity contribution in [1.29, 1.82) is 0 Å². The molecule has 1 N–H and O–H groups in total. The van der Waals surface area contributed by atoms with Crippen molar-refractivity contribution in [3.8, 4) is 0 Å². The van der Waals surface area contributed by atoms with E-state index in [0.717, 1.165) is 31.5 Å². The number of aliphatic imine (C=N–C) groups is 1. The van der Waals surface area contributed by atoms with Crippen LogP contribution < -0.4 is 5.32 Å². The molecule has 1 atom stereocenters. The second kappa shape index (κ2) is 7.78. The highest BCUT2D eigenvalue weighted by Gasteiger charge is 2.29. The maximum Gasteiger partial charge on any atom is 0.319 e. The summed E-state index contributed by atoms with van der Waals surface area (Å²) in [4.78, 5) is 20.4. The SMILES string of the molecule is CN(C)CCCCN1C(=O)NCC1N=Cc1ccccc1. The molecule has 1 saturated heterocycles. The summed E-state index contributed by atoms with van der Waals surface area (Å²) in [6.45, 7) is 2.40. The molecule has 21 heavy (non-hydrogen) atoms. The fourth-order valence-corrected chi connectivity index (χ4v) is 2.33. The van der Waals surface area contributed by atoms with Crippen LogP contribution in [0.4, 0.5) is 4.79 Å². The Balaban J connectivity index is 1.86. The molecular weight excluding hydrogens is 264 g/mol. The molecule has 2 amide bonds. The highest BCUT2D eigenvalue weighted by Crippen LogP contribution is 2.10. The Bertz CT molecular complexity index is 472. The van der Waals surface area contributed by atoms with E-state index in [0.29, 0.717) is 6.54 Å². The number of amides is 2. The van der Waals surface area contributed by atoms with Gasteiger partial charge in [0.05, 0.1) is 6.54 Å². The molecule has 1 aromatic carbocycles. The van der Waals surface area contributed by atoms with Gasteiger partial charge in [0.25, 0.3) is 0 Å². The van der Waals surface area contributed by atoms with Crippen LogP contribution in [0.2, 0.25) is 0 Å². The lowest BCUT2D eigenvalue weighted by Gasteiger charge is -2.20. The number of carbonyl (C=O) groups excluding carboxylic acids is 1. The number of hydrogen-bond acceptors (Lipinski definition) is 3. The van der Waals surface area contributed by atoms with Gasteiger partial charge >= 0.3 is 6.03 Å². The molecule has 1 aliphatic heterocycles. The average molecular weight is 288 g/mol. The molecule has 1 unspecified atom stereocenters. The van der Waals surface area contributed by atoms with Gasteiger partial charge in [-0.1, -0.05) is 30.3 Å². The maximum absolute atomic E-state index is 11.9. The van der Waals surface area contributed by atoms with Crippen LogP contribution in [0.25, 0.3) is 0 Å². The first kappa shape index (κ1) is 15.5. The third-order valence-electron chi connectivity index (χ3n) is 3.51. The van der Waals surface area contributed by atoms with Crippen LogP contribution in [0, 0.1) is 0 Å². The highest BCUT2D eigenvalue weighted by molar-refractivity contribution is 5.81. The minimum Gasteiger partial charge on any atom is -0.334 e. The topological polar surface area (TPSA) is 47.9 Å². The molecule has 0 bridgehead atoms. The third kappa shape index (κ3) is 4.86. The second-order valence-electron chi connectivity index (χ2n) is 5.56. The van der Waals surface area contributed by atoms with E-state index in [2.05, 4.69) is 29.3 Å². The number of benzene rings is 1. The van der Waals surface area contributed by atoms with Gasteiger partial charge in [0.2, 0.25) is 0 Å². The molecule has 0 aliphatic carbocycles. The zero-order valence-corrected chi connectivity index (χ0v) is 12.8. The molecular formula is C16H24N4O. The lowest BCUT2D eigenvalue weighted by atomic mass is 10.2. The van der Waals surface area contributed by atoms with E-state index in [4.69, 9.17) is 0 Å². The molecule has 0 aromatic heterocycles. The van der Waals surface area contributed by atoms with Crippen LogP contribution in [0.5, 0.6) is 0 Å². The Hall–Kier alpha value is -1.88. The third-order valence-corrected chi connectivity index (χ3v) is 3.51. The number of unbranched alkanes of at least 4 members (excludes halogenated alkanes) is 1. The fraction of sp³-hybridized carbons (Fsp3) is 0.500. The molecule has 1 aliphatic rings. The lowest BCUT2D eigenvalue weighted by Crippen LogP contribution is -2.34. The van der Waals surface area contributed by atoms with E-state index in [1.165, 1.54) is 0 Å². The maximum atomic E-state index is 11.9. The second-order valence-corrected chi connectivity index (χ2v) is 5.56. The first-order chi connectivity index (χ1) is 10.2. The van der Waals surface area contributed by atoms with Gasteiger partial charge in [0, 0.05) is 12.8 Å². The number of nitrogens with one attached hydrogen (secondary N) is 1. The molecule has 0 radical (unpaired) electrons. The number of carbonyl (C=O) groups is 1. The molecule has 5 nitrogen and oxygen atoms in total. The van der Waals surface area contributed by atoms with Crippen LogP contribution in [0.1, 0.15) is 18.4 Å². The van der Waals surface area contributed by atoms with Gasteiger partial charge in [-0.25, -0.2) is 4.79 Å². The lowest BCUT2D eigenvalue weighted by molar-refractivity contribution is 0.203. The smallest absolute Gasteiger partial charge is 0.319 e. The van der Waals surface area contributed by atoms with E-state index in [-0.39, 0.29) is 12.2 Å². The van der Waals surface area contributed by atoms with Crippen LogP contribution in [0.15, 0.2) is 35.3 Å². The fourth-order valence-electron chi connectivity index (χ4n) is 2.33. The summed E-state index contributed by atoms with van der Waals surface area (Å²) in [5.41, 5.74) is 1.06. The predicted octanol–water partition coefficient (Wildman–Crippen LogP) is 1.80. The van der Waals surface area contributed by atoms with E-state index < -0.39 is 0 Å². The van der Waals surface area contributed by atoms with E-state index in [1.54, 1.807) is 0 Å². The van der Waals surface area contributed by atoms with Crippen LogP contribution >= 0.6 is 0 Å². The molecule has 114 valence electrons. The summed E-state index contributed by atoms with van der Waals surface area (Å²) in [7, 11) is 4.13. The van der Waals surface area contributed by atoms with Crippen molar-refractivity contribution < 1.29 is 4.79 Å². The molecule has 1 fully saturated rings. The van der Waals surface area contributed by atoms with Crippen LogP contribution in [-0.2, 0) is 0 Å². The summed E-state index contributed by atoms with van der Waals surface area (Å²) in [6, 6.07) is 9.96. The minimum absolute atomic E-state index is 0.00457. The minimum atomic E-state index is -0.0861. The Kier molecular flexibility index (Phi) is 5.75. The summed E-state index contributed by atoms with van der Waals surface area (Å²) < 4.78 is 0. The van der Waals surface area contributed by atoms with Gasteiger partial charge in [-0.05, 0) is 39.0 Å². The van der Waals surface area contributed by atoms with Crippen molar-refractivity contribution in [3.05, 3.63) is 35.9 Å². The Morgan fingerprint density at radius 2 is 2.10 bits per heavy atom. The monoisotopic (exact) mass is 288 g/mol. The number of urea groups is 1. The largest absolute Gasteiger partial charge is 0.334 e. The molecule has 2 rings (SSSR count). The van der Waals surface area contributed by atoms with Crippen molar-refractivity contribution in [1.82, 2.24) is 15.1 Å². The number of hydrogen-bond donors (Lipinski definition) is 1. The van der Waals surface area contributed by atoms with Gasteiger partial charge in [-0.15, -0.1) is 0 Å².